The van der Waals surface area contributed by atoms with Crippen molar-refractivity contribution in [2.45, 2.75) is 0 Å². The van der Waals surface area contributed by atoms with Gasteiger partial charge in [-0.05, 0) is 48.5 Å². The summed E-state index contributed by atoms with van der Waals surface area (Å²) in [7, 11) is 0. The Morgan fingerprint density at radius 1 is 0.967 bits per heavy atom. The lowest BCUT2D eigenvalue weighted by molar-refractivity contribution is 0.0983. The Balaban J connectivity index is 1.68. The van der Waals surface area contributed by atoms with Gasteiger partial charge in [-0.2, -0.15) is 0 Å². The largest absolute Gasteiger partial charge is 0.321 e. The van der Waals surface area contributed by atoms with E-state index >= 15 is 0 Å². The molecule has 0 aliphatic carbocycles. The van der Waals surface area contributed by atoms with E-state index in [-0.39, 0.29) is 11.7 Å². The highest BCUT2D eigenvalue weighted by atomic mass is 19.1. The van der Waals surface area contributed by atoms with Crippen LogP contribution in [0.1, 0.15) is 10.4 Å². The Labute approximate surface area is 171 Å². The molecule has 0 atom stereocenters. The van der Waals surface area contributed by atoms with Gasteiger partial charge in [0.05, 0.1) is 11.3 Å². The van der Waals surface area contributed by atoms with E-state index in [1.807, 2.05) is 16.8 Å². The first kappa shape index (κ1) is 18.0. The van der Waals surface area contributed by atoms with Gasteiger partial charge in [0, 0.05) is 49.0 Å². The number of rotatable bonds is 3. The minimum atomic E-state index is -0.320. The summed E-state index contributed by atoms with van der Waals surface area (Å²) in [5.74, 6) is -0.0243. The number of carbonyl (C=O) groups is 1. The minimum Gasteiger partial charge on any atom is -0.321 e. The lowest BCUT2D eigenvalue weighted by atomic mass is 10.1. The summed E-state index contributed by atoms with van der Waals surface area (Å²) in [6, 6.07) is 13.4. The number of halogens is 1. The van der Waals surface area contributed by atoms with E-state index in [0.717, 1.165) is 16.8 Å². The molecule has 4 aromatic rings. The molecule has 1 N–H and O–H groups in total. The van der Waals surface area contributed by atoms with Crippen molar-refractivity contribution >= 4 is 11.9 Å². The van der Waals surface area contributed by atoms with Crippen LogP contribution in [0.4, 0.5) is 10.3 Å². The molecule has 3 aromatic heterocycles. The number of fused-ring (bicyclic) bond motifs is 1. The second-order valence-corrected chi connectivity index (χ2v) is 6.79. The molecule has 7 nitrogen and oxygen atoms in total. The summed E-state index contributed by atoms with van der Waals surface area (Å²) in [4.78, 5) is 27.7. The van der Waals surface area contributed by atoms with Crippen LogP contribution in [0.3, 0.4) is 0 Å². The van der Waals surface area contributed by atoms with Crippen molar-refractivity contribution < 1.29 is 9.18 Å². The summed E-state index contributed by atoms with van der Waals surface area (Å²) in [6.45, 7) is 1.01. The second-order valence-electron chi connectivity index (χ2n) is 6.79. The van der Waals surface area contributed by atoms with Gasteiger partial charge in [0.2, 0.25) is 5.95 Å². The van der Waals surface area contributed by atoms with Gasteiger partial charge in [0.25, 0.3) is 5.91 Å². The number of benzene rings is 1. The van der Waals surface area contributed by atoms with Crippen molar-refractivity contribution in [3.63, 3.8) is 0 Å². The fourth-order valence-electron chi connectivity index (χ4n) is 3.54. The van der Waals surface area contributed by atoms with Crippen molar-refractivity contribution in [3.05, 3.63) is 84.7 Å². The van der Waals surface area contributed by atoms with Gasteiger partial charge < -0.3 is 5.43 Å². The zero-order chi connectivity index (χ0) is 20.5. The first-order valence-electron chi connectivity index (χ1n) is 9.47. The van der Waals surface area contributed by atoms with E-state index in [1.165, 1.54) is 12.1 Å². The quantitative estimate of drug-likeness (QED) is 0.571. The number of hydrogen-bond donors (Lipinski definition) is 1. The fraction of sp³-hybridized carbons (Fsp3) is 0.0909. The number of carbonyl (C=O) groups excluding carboxylic acids is 1. The van der Waals surface area contributed by atoms with Crippen molar-refractivity contribution in [2.75, 3.05) is 23.4 Å². The molecule has 0 radical (unpaired) electrons. The van der Waals surface area contributed by atoms with Gasteiger partial charge in [-0.3, -0.25) is 19.7 Å². The molecule has 0 unspecified atom stereocenters. The number of nitrogens with one attached hydrogen (secondary N) is 1. The molecular weight excluding hydrogens is 383 g/mol. The Morgan fingerprint density at radius 2 is 1.77 bits per heavy atom. The molecule has 0 saturated carbocycles. The van der Waals surface area contributed by atoms with Gasteiger partial charge in [0.1, 0.15) is 11.5 Å². The van der Waals surface area contributed by atoms with E-state index in [4.69, 9.17) is 4.98 Å². The van der Waals surface area contributed by atoms with E-state index < -0.39 is 0 Å². The maximum Gasteiger partial charge on any atom is 0.262 e. The number of anilines is 1. The third-order valence-corrected chi connectivity index (χ3v) is 4.93. The Morgan fingerprint density at radius 3 is 2.50 bits per heavy atom. The molecule has 0 spiro atoms. The minimum absolute atomic E-state index is 0.178. The lowest BCUT2D eigenvalue weighted by Crippen LogP contribution is -2.43. The van der Waals surface area contributed by atoms with Gasteiger partial charge >= 0.3 is 0 Å². The molecule has 4 heterocycles. The van der Waals surface area contributed by atoms with E-state index in [0.29, 0.717) is 30.3 Å². The number of aromatic nitrogens is 4. The number of pyridine rings is 2. The molecule has 1 aliphatic heterocycles. The van der Waals surface area contributed by atoms with Crippen LogP contribution >= 0.6 is 0 Å². The average Bonchev–Trinajstić information content (AvgIpc) is 3.20. The Bertz CT molecular complexity index is 1190. The number of nitrogens with zero attached hydrogens (tertiary/aromatic N) is 5. The summed E-state index contributed by atoms with van der Waals surface area (Å²) in [6.07, 6.45) is 6.57. The maximum absolute atomic E-state index is 13.5. The van der Waals surface area contributed by atoms with Crippen LogP contribution in [0.5, 0.6) is 0 Å². The molecule has 1 aromatic carbocycles. The molecule has 30 heavy (non-hydrogen) atoms. The average molecular weight is 400 g/mol. The van der Waals surface area contributed by atoms with Crippen LogP contribution < -0.4 is 10.3 Å². The first-order chi connectivity index (χ1) is 14.7. The van der Waals surface area contributed by atoms with Crippen LogP contribution in [0.2, 0.25) is 0 Å². The molecule has 1 amide bonds. The highest BCUT2D eigenvalue weighted by Crippen LogP contribution is 2.36. The highest BCUT2D eigenvalue weighted by Gasteiger charge is 2.30. The topological polar surface area (TPSA) is 75.9 Å². The van der Waals surface area contributed by atoms with Gasteiger partial charge in [-0.25, -0.2) is 14.1 Å². The summed E-state index contributed by atoms with van der Waals surface area (Å²) in [5, 5.41) is 0. The number of imidazole rings is 1. The molecular formula is C22H17FN6O. The van der Waals surface area contributed by atoms with Crippen LogP contribution in [0.25, 0.3) is 22.5 Å². The van der Waals surface area contributed by atoms with Gasteiger partial charge in [0.15, 0.2) is 0 Å². The predicted octanol–water partition coefficient (Wildman–Crippen LogP) is 3.35. The Hall–Kier alpha value is -4.07. The molecule has 0 saturated heterocycles. The molecule has 0 fully saturated rings. The standard InChI is InChI=1S/C22H17FN6O/c23-18-5-3-15(4-6-18)19-20(16-7-10-24-11-8-16)29-22(27-19)28(13-12-26-29)21(30)17-2-1-9-25-14-17/h1-11,14,26H,12-13H2. The smallest absolute Gasteiger partial charge is 0.262 e. The maximum atomic E-state index is 13.5. The molecule has 8 heteroatoms. The van der Waals surface area contributed by atoms with Crippen LogP contribution in [-0.2, 0) is 0 Å². The summed E-state index contributed by atoms with van der Waals surface area (Å²) >= 11 is 0. The van der Waals surface area contributed by atoms with Gasteiger partial charge in [-0.1, -0.05) is 0 Å². The zero-order valence-electron chi connectivity index (χ0n) is 15.9. The summed E-state index contributed by atoms with van der Waals surface area (Å²) in [5.41, 5.74) is 6.87. The monoisotopic (exact) mass is 400 g/mol. The predicted molar refractivity (Wildman–Crippen MR) is 111 cm³/mol. The number of amides is 1. The van der Waals surface area contributed by atoms with Crippen molar-refractivity contribution in [1.82, 2.24) is 19.6 Å². The van der Waals surface area contributed by atoms with Crippen LogP contribution in [0.15, 0.2) is 73.3 Å². The Kier molecular flexibility index (Phi) is 4.44. The van der Waals surface area contributed by atoms with E-state index in [2.05, 4.69) is 15.4 Å². The van der Waals surface area contributed by atoms with E-state index in [1.54, 1.807) is 54.0 Å². The van der Waals surface area contributed by atoms with Crippen LogP contribution in [0, 0.1) is 5.82 Å². The van der Waals surface area contributed by atoms with Crippen molar-refractivity contribution in [1.29, 1.82) is 0 Å². The zero-order valence-corrected chi connectivity index (χ0v) is 15.9. The molecule has 5 rings (SSSR count). The SMILES string of the molecule is O=C(c1cccnc1)N1CCNn2c1nc(-c1ccc(F)cc1)c2-c1ccncc1. The van der Waals surface area contributed by atoms with Crippen molar-refractivity contribution in [3.8, 4) is 22.5 Å². The second kappa shape index (κ2) is 7.40. The third-order valence-electron chi connectivity index (χ3n) is 4.93. The highest BCUT2D eigenvalue weighted by molar-refractivity contribution is 6.05. The van der Waals surface area contributed by atoms with Crippen molar-refractivity contribution in [2.24, 2.45) is 0 Å². The molecule has 148 valence electrons. The third kappa shape index (κ3) is 3.08. The summed E-state index contributed by atoms with van der Waals surface area (Å²) < 4.78 is 15.3. The fourth-order valence-corrected chi connectivity index (χ4v) is 3.54. The van der Waals surface area contributed by atoms with Gasteiger partial charge in [-0.15, -0.1) is 0 Å². The van der Waals surface area contributed by atoms with E-state index in [9.17, 15) is 9.18 Å². The number of hydrogen-bond acceptors (Lipinski definition) is 5. The molecule has 0 bridgehead atoms. The normalized spacial score (nSPS) is 12.9. The lowest BCUT2D eigenvalue weighted by Gasteiger charge is -2.29. The molecule has 1 aliphatic rings. The first-order valence-corrected chi connectivity index (χ1v) is 9.47. The van der Waals surface area contributed by atoms with Crippen LogP contribution in [-0.4, -0.2) is 38.6 Å².